The Balaban J connectivity index is 2.40. The van der Waals surface area contributed by atoms with Crippen LogP contribution >= 0.6 is 11.6 Å². The Morgan fingerprint density at radius 3 is 2.47 bits per heavy atom. The molecule has 88 valence electrons. The predicted molar refractivity (Wildman–Crippen MR) is 62.3 cm³/mol. The molecule has 0 atom stereocenters. The van der Waals surface area contributed by atoms with Crippen molar-refractivity contribution < 1.29 is 13.5 Å². The molecule has 0 aliphatic rings. The molecule has 17 heavy (non-hydrogen) atoms. The average molecular weight is 256 g/mol. The molecule has 0 aliphatic carbocycles. The maximum atomic E-state index is 13.2. The van der Waals surface area contributed by atoms with Crippen LogP contribution in [-0.2, 0) is 0 Å². The second-order valence-electron chi connectivity index (χ2n) is 3.33. The predicted octanol–water partition coefficient (Wildman–Crippen LogP) is 3.99. The third kappa shape index (κ3) is 2.47. The molecule has 0 saturated heterocycles. The minimum atomic E-state index is -0.868. The van der Waals surface area contributed by atoms with E-state index in [-0.39, 0.29) is 17.2 Å². The first-order valence-corrected chi connectivity index (χ1v) is 5.12. The first-order valence-electron chi connectivity index (χ1n) is 4.75. The fraction of sp³-hybridized carbons (Fsp3) is 0. The van der Waals surface area contributed by atoms with Crippen molar-refractivity contribution in [1.82, 2.24) is 0 Å². The van der Waals surface area contributed by atoms with Crippen LogP contribution < -0.4 is 10.5 Å². The summed E-state index contributed by atoms with van der Waals surface area (Å²) in [5.41, 5.74) is 5.18. The van der Waals surface area contributed by atoms with E-state index < -0.39 is 11.6 Å². The van der Waals surface area contributed by atoms with Gasteiger partial charge in [0, 0.05) is 12.1 Å². The number of hydrogen-bond donors (Lipinski definition) is 1. The van der Waals surface area contributed by atoms with Crippen molar-refractivity contribution >= 4 is 17.3 Å². The van der Waals surface area contributed by atoms with Crippen LogP contribution in [0.15, 0.2) is 36.4 Å². The molecule has 0 fully saturated rings. The van der Waals surface area contributed by atoms with Crippen LogP contribution in [0.5, 0.6) is 11.5 Å². The first-order chi connectivity index (χ1) is 8.08. The molecule has 0 heterocycles. The van der Waals surface area contributed by atoms with Crippen LogP contribution in [0.1, 0.15) is 0 Å². The highest BCUT2D eigenvalue weighted by Gasteiger charge is 2.11. The Bertz CT molecular complexity index is 560. The van der Waals surface area contributed by atoms with E-state index in [1.807, 2.05) is 0 Å². The minimum Gasteiger partial charge on any atom is -0.453 e. The first kappa shape index (κ1) is 11.7. The van der Waals surface area contributed by atoms with E-state index in [0.717, 1.165) is 6.07 Å². The molecule has 2 N–H and O–H groups in total. The number of halogens is 3. The van der Waals surface area contributed by atoms with Gasteiger partial charge in [-0.3, -0.25) is 0 Å². The molecule has 2 nitrogen and oxygen atoms in total. The van der Waals surface area contributed by atoms with Crippen molar-refractivity contribution in [3.05, 3.63) is 53.1 Å². The summed E-state index contributed by atoms with van der Waals surface area (Å²) in [5, 5.41) is 0.330. The zero-order chi connectivity index (χ0) is 12.4. The lowest BCUT2D eigenvalue weighted by Gasteiger charge is -2.10. The molecule has 0 aliphatic heterocycles. The van der Waals surface area contributed by atoms with Crippen molar-refractivity contribution in [2.24, 2.45) is 0 Å². The largest absolute Gasteiger partial charge is 0.453 e. The molecule has 0 spiro atoms. The third-order valence-corrected chi connectivity index (χ3v) is 2.43. The topological polar surface area (TPSA) is 35.2 Å². The Labute approximate surface area is 102 Å². The van der Waals surface area contributed by atoms with Gasteiger partial charge in [-0.05, 0) is 12.1 Å². The number of rotatable bonds is 2. The van der Waals surface area contributed by atoms with E-state index in [2.05, 4.69) is 0 Å². The maximum Gasteiger partial charge on any atom is 0.156 e. The number of nitrogen functional groups attached to an aromatic ring is 1. The van der Waals surface area contributed by atoms with Gasteiger partial charge in [0.05, 0.1) is 5.02 Å². The van der Waals surface area contributed by atoms with Crippen molar-refractivity contribution in [2.45, 2.75) is 0 Å². The Morgan fingerprint density at radius 1 is 1.06 bits per heavy atom. The van der Waals surface area contributed by atoms with Crippen molar-refractivity contribution in [1.29, 1.82) is 0 Å². The highest BCUT2D eigenvalue weighted by atomic mass is 35.5. The minimum absolute atomic E-state index is 0.101. The van der Waals surface area contributed by atoms with Gasteiger partial charge in [-0.1, -0.05) is 23.7 Å². The number of anilines is 1. The molecule has 5 heteroatoms. The Morgan fingerprint density at radius 2 is 1.76 bits per heavy atom. The molecule has 0 bridgehead atoms. The van der Waals surface area contributed by atoms with E-state index in [4.69, 9.17) is 22.1 Å². The smallest absolute Gasteiger partial charge is 0.156 e. The number of ether oxygens (including phenoxy) is 1. The monoisotopic (exact) mass is 255 g/mol. The van der Waals surface area contributed by atoms with Crippen LogP contribution in [0.25, 0.3) is 0 Å². The maximum absolute atomic E-state index is 13.2. The molecule has 0 aromatic heterocycles. The van der Waals surface area contributed by atoms with Gasteiger partial charge in [0.1, 0.15) is 17.3 Å². The summed E-state index contributed by atoms with van der Waals surface area (Å²) in [5.74, 6) is -1.45. The van der Waals surface area contributed by atoms with Crippen molar-refractivity contribution in [3.63, 3.8) is 0 Å². The van der Waals surface area contributed by atoms with Gasteiger partial charge in [-0.2, -0.15) is 0 Å². The lowest BCUT2D eigenvalue weighted by atomic mass is 10.2. The van der Waals surface area contributed by atoms with Gasteiger partial charge in [0.2, 0.25) is 0 Å². The van der Waals surface area contributed by atoms with E-state index >= 15 is 0 Å². The van der Waals surface area contributed by atoms with Crippen molar-refractivity contribution in [2.75, 3.05) is 5.73 Å². The fourth-order valence-corrected chi connectivity index (χ4v) is 1.47. The summed E-state index contributed by atoms with van der Waals surface area (Å²) in [6.07, 6.45) is 0. The summed E-state index contributed by atoms with van der Waals surface area (Å²) >= 11 is 5.85. The lowest BCUT2D eigenvalue weighted by Crippen LogP contribution is -1.97. The molecular formula is C12H8ClF2NO. The van der Waals surface area contributed by atoms with E-state index in [9.17, 15) is 8.78 Å². The van der Waals surface area contributed by atoms with E-state index in [1.165, 1.54) is 0 Å². The fourth-order valence-electron chi connectivity index (χ4n) is 1.29. The number of benzene rings is 2. The zero-order valence-electron chi connectivity index (χ0n) is 8.58. The quantitative estimate of drug-likeness (QED) is 0.824. The normalized spacial score (nSPS) is 10.3. The molecule has 0 saturated carbocycles. The van der Waals surface area contributed by atoms with E-state index in [1.54, 1.807) is 24.3 Å². The summed E-state index contributed by atoms with van der Waals surface area (Å²) < 4.78 is 31.4. The number of hydrogen-bond acceptors (Lipinski definition) is 2. The van der Waals surface area contributed by atoms with E-state index in [0.29, 0.717) is 11.1 Å². The summed E-state index contributed by atoms with van der Waals surface area (Å²) in [4.78, 5) is 0. The Hall–Kier alpha value is -1.81. The highest BCUT2D eigenvalue weighted by molar-refractivity contribution is 6.32. The average Bonchev–Trinajstić information content (AvgIpc) is 2.28. The van der Waals surface area contributed by atoms with Crippen LogP contribution in [0.3, 0.4) is 0 Å². The van der Waals surface area contributed by atoms with Crippen LogP contribution in [0.4, 0.5) is 14.5 Å². The Kier molecular flexibility index (Phi) is 3.15. The second kappa shape index (κ2) is 4.59. The van der Waals surface area contributed by atoms with Gasteiger partial charge >= 0.3 is 0 Å². The molecule has 2 aromatic rings. The molecule has 2 rings (SSSR count). The molecule has 0 radical (unpaired) electrons. The molecule has 0 unspecified atom stereocenters. The summed E-state index contributed by atoms with van der Waals surface area (Å²) in [6, 6.07) is 8.27. The third-order valence-electron chi connectivity index (χ3n) is 2.11. The van der Waals surface area contributed by atoms with Gasteiger partial charge in [0.25, 0.3) is 0 Å². The number of para-hydroxylation sites is 1. The lowest BCUT2D eigenvalue weighted by molar-refractivity contribution is 0.472. The molecular weight excluding hydrogens is 248 g/mol. The van der Waals surface area contributed by atoms with Crippen LogP contribution in [0.2, 0.25) is 5.02 Å². The standard InChI is InChI=1S/C12H8ClF2NO/c13-8-3-1-2-4-10(8)17-11-6-7(14)5-9(15)12(11)16/h1-6H,16H2. The van der Waals surface area contributed by atoms with Crippen LogP contribution in [0, 0.1) is 11.6 Å². The SMILES string of the molecule is Nc1c(F)cc(F)cc1Oc1ccccc1Cl. The van der Waals surface area contributed by atoms with Gasteiger partial charge in [-0.15, -0.1) is 0 Å². The number of nitrogens with two attached hydrogens (primary N) is 1. The van der Waals surface area contributed by atoms with Gasteiger partial charge < -0.3 is 10.5 Å². The highest BCUT2D eigenvalue weighted by Crippen LogP contribution is 2.33. The molecule has 2 aromatic carbocycles. The van der Waals surface area contributed by atoms with Gasteiger partial charge in [-0.25, -0.2) is 8.78 Å². The molecule has 0 amide bonds. The second-order valence-corrected chi connectivity index (χ2v) is 3.74. The summed E-state index contributed by atoms with van der Waals surface area (Å²) in [6.45, 7) is 0. The van der Waals surface area contributed by atoms with Crippen molar-refractivity contribution in [3.8, 4) is 11.5 Å². The zero-order valence-corrected chi connectivity index (χ0v) is 9.34. The van der Waals surface area contributed by atoms with Crippen LogP contribution in [-0.4, -0.2) is 0 Å². The summed E-state index contributed by atoms with van der Waals surface area (Å²) in [7, 11) is 0. The van der Waals surface area contributed by atoms with Gasteiger partial charge in [0.15, 0.2) is 11.6 Å².